The van der Waals surface area contributed by atoms with Crippen LogP contribution in [0.3, 0.4) is 0 Å². The second kappa shape index (κ2) is 8.02. The quantitative estimate of drug-likeness (QED) is 0.612. The van der Waals surface area contributed by atoms with Gasteiger partial charge in [-0.25, -0.2) is 9.97 Å². The van der Waals surface area contributed by atoms with Crippen LogP contribution in [0.2, 0.25) is 0 Å². The Hall–Kier alpha value is -3.42. The summed E-state index contributed by atoms with van der Waals surface area (Å²) in [5, 5.41) is 4.49. The summed E-state index contributed by atoms with van der Waals surface area (Å²) in [5.74, 6) is 2.68. The van der Waals surface area contributed by atoms with E-state index in [4.69, 9.17) is 9.72 Å². The molecule has 1 aromatic carbocycles. The molecule has 3 aromatic rings. The molecular formula is C23H26N6O2. The zero-order valence-electron chi connectivity index (χ0n) is 17.9. The first-order valence-corrected chi connectivity index (χ1v) is 10.7. The van der Waals surface area contributed by atoms with Gasteiger partial charge in [0.25, 0.3) is 0 Å². The molecule has 1 saturated heterocycles. The van der Waals surface area contributed by atoms with Crippen LogP contribution in [0.4, 0.5) is 11.5 Å². The van der Waals surface area contributed by atoms with Gasteiger partial charge in [-0.05, 0) is 42.5 Å². The van der Waals surface area contributed by atoms with Crippen LogP contribution in [0.5, 0.6) is 5.75 Å². The van der Waals surface area contributed by atoms with E-state index in [0.717, 1.165) is 66.4 Å². The lowest BCUT2D eigenvalue weighted by Crippen LogP contribution is -2.49. The molecule has 8 nitrogen and oxygen atoms in total. The third kappa shape index (κ3) is 3.73. The first kappa shape index (κ1) is 19.5. The van der Waals surface area contributed by atoms with Gasteiger partial charge in [-0.15, -0.1) is 0 Å². The number of amides is 1. The second-order valence-corrected chi connectivity index (χ2v) is 8.14. The van der Waals surface area contributed by atoms with Gasteiger partial charge in [0.1, 0.15) is 23.3 Å². The van der Waals surface area contributed by atoms with Gasteiger partial charge in [-0.2, -0.15) is 5.10 Å². The van der Waals surface area contributed by atoms with Gasteiger partial charge in [0.05, 0.1) is 26.0 Å². The van der Waals surface area contributed by atoms with E-state index in [0.29, 0.717) is 6.54 Å². The number of ether oxygens (including phenoxy) is 1. The summed E-state index contributed by atoms with van der Waals surface area (Å²) < 4.78 is 7.23. The second-order valence-electron chi connectivity index (χ2n) is 8.14. The van der Waals surface area contributed by atoms with Gasteiger partial charge in [-0.3, -0.25) is 9.48 Å². The number of nitrogens with zero attached hydrogens (tertiary/aromatic N) is 6. The highest BCUT2D eigenvalue weighted by molar-refractivity contribution is 6.04. The Kier molecular flexibility index (Phi) is 5.05. The van der Waals surface area contributed by atoms with E-state index in [9.17, 15) is 4.79 Å². The van der Waals surface area contributed by atoms with Crippen LogP contribution in [0.15, 0.2) is 42.9 Å². The minimum absolute atomic E-state index is 0.0740. The highest BCUT2D eigenvalue weighted by atomic mass is 16.5. The largest absolute Gasteiger partial charge is 0.497 e. The molecule has 31 heavy (non-hydrogen) atoms. The minimum atomic E-state index is -0.0740. The van der Waals surface area contributed by atoms with Gasteiger partial charge in [0.2, 0.25) is 5.91 Å². The Morgan fingerprint density at radius 1 is 1.19 bits per heavy atom. The molecule has 8 heteroatoms. The fraction of sp³-hybridized carbons (Fsp3) is 0.391. The molecule has 0 saturated carbocycles. The Morgan fingerprint density at radius 3 is 2.97 bits per heavy atom. The highest BCUT2D eigenvalue weighted by Gasteiger charge is 2.40. The summed E-state index contributed by atoms with van der Waals surface area (Å²) in [7, 11) is 3.49. The Balaban J connectivity index is 1.27. The fourth-order valence-corrected chi connectivity index (χ4v) is 4.43. The number of rotatable bonds is 6. The van der Waals surface area contributed by atoms with Crippen LogP contribution in [-0.2, 0) is 24.2 Å². The number of carbonyl (C=O) groups is 1. The molecule has 1 amide bonds. The minimum Gasteiger partial charge on any atom is -0.497 e. The van der Waals surface area contributed by atoms with E-state index in [1.165, 1.54) is 0 Å². The molecule has 2 aromatic heterocycles. The predicted octanol–water partition coefficient (Wildman–Crippen LogP) is 2.46. The highest BCUT2D eigenvalue weighted by Crippen LogP contribution is 2.37. The molecule has 0 bridgehead atoms. The summed E-state index contributed by atoms with van der Waals surface area (Å²) in [6, 6.07) is 7.94. The third-order valence-electron chi connectivity index (χ3n) is 6.10. The Morgan fingerprint density at radius 2 is 2.10 bits per heavy atom. The van der Waals surface area contributed by atoms with Gasteiger partial charge >= 0.3 is 0 Å². The number of aryl methyl sites for hydroxylation is 2. The normalized spacial score (nSPS) is 17.6. The van der Waals surface area contributed by atoms with Crippen molar-refractivity contribution in [1.82, 2.24) is 19.7 Å². The predicted molar refractivity (Wildman–Crippen MR) is 118 cm³/mol. The molecule has 2 aliphatic rings. The number of methoxy groups -OCH3 is 1. The van der Waals surface area contributed by atoms with E-state index in [1.54, 1.807) is 18.2 Å². The van der Waals surface area contributed by atoms with E-state index < -0.39 is 0 Å². The van der Waals surface area contributed by atoms with Crippen LogP contribution in [0, 0.1) is 0 Å². The molecule has 0 N–H and O–H groups in total. The zero-order valence-corrected chi connectivity index (χ0v) is 17.9. The first-order chi connectivity index (χ1) is 15.1. The fourth-order valence-electron chi connectivity index (χ4n) is 4.43. The van der Waals surface area contributed by atoms with E-state index >= 15 is 0 Å². The SMILES string of the molecule is COc1cccc(Cn2cc(CCc3ncc4c(n3)N3CCC[C@H]3C(=O)N4C)cn2)c1. The molecule has 160 valence electrons. The van der Waals surface area contributed by atoms with Gasteiger partial charge in [-0.1, -0.05) is 12.1 Å². The lowest BCUT2D eigenvalue weighted by Gasteiger charge is -2.36. The molecule has 4 heterocycles. The maximum absolute atomic E-state index is 12.5. The summed E-state index contributed by atoms with van der Waals surface area (Å²) in [6.45, 7) is 1.58. The van der Waals surface area contributed by atoms with Crippen LogP contribution in [-0.4, -0.2) is 52.4 Å². The monoisotopic (exact) mass is 418 g/mol. The number of anilines is 2. The summed E-state index contributed by atoms with van der Waals surface area (Å²) in [5.41, 5.74) is 3.10. The molecule has 0 aliphatic carbocycles. The first-order valence-electron chi connectivity index (χ1n) is 10.7. The standard InChI is InChI=1S/C23H26N6O2/c1-27-20-13-24-21(26-22(20)29-10-4-7-19(29)23(27)30)9-8-17-12-25-28(15-17)14-16-5-3-6-18(11-16)31-2/h3,5-6,11-13,15,19H,4,7-10,14H2,1-2H3/t19-/m0/s1. The number of hydrogen-bond donors (Lipinski definition) is 0. The molecule has 0 spiro atoms. The van der Waals surface area contributed by atoms with Crippen molar-refractivity contribution in [1.29, 1.82) is 0 Å². The third-order valence-corrected chi connectivity index (χ3v) is 6.10. The van der Waals surface area contributed by atoms with Crippen molar-refractivity contribution in [2.24, 2.45) is 0 Å². The number of likely N-dealkylation sites (N-methyl/N-ethyl adjacent to an activating group) is 1. The number of carbonyl (C=O) groups excluding carboxylic acids is 1. The lowest BCUT2D eigenvalue weighted by atomic mass is 10.1. The van der Waals surface area contributed by atoms with Gasteiger partial charge in [0.15, 0.2) is 5.82 Å². The number of hydrogen-bond acceptors (Lipinski definition) is 6. The number of benzene rings is 1. The zero-order chi connectivity index (χ0) is 21.4. The van der Waals surface area contributed by atoms with Crippen LogP contribution in [0.25, 0.3) is 0 Å². The van der Waals surface area contributed by atoms with Crippen LogP contribution < -0.4 is 14.5 Å². The van der Waals surface area contributed by atoms with Crippen molar-refractivity contribution in [3.8, 4) is 5.75 Å². The summed E-state index contributed by atoms with van der Waals surface area (Å²) in [4.78, 5) is 25.8. The lowest BCUT2D eigenvalue weighted by molar-refractivity contribution is -0.119. The van der Waals surface area contributed by atoms with Crippen LogP contribution in [0.1, 0.15) is 29.8 Å². The molecule has 0 unspecified atom stereocenters. The van der Waals surface area contributed by atoms with Crippen molar-refractivity contribution in [2.75, 3.05) is 30.5 Å². The van der Waals surface area contributed by atoms with Crippen molar-refractivity contribution >= 4 is 17.4 Å². The molecule has 5 rings (SSSR count). The van der Waals surface area contributed by atoms with Gasteiger partial charge < -0.3 is 14.5 Å². The van der Waals surface area contributed by atoms with Crippen molar-refractivity contribution < 1.29 is 9.53 Å². The van der Waals surface area contributed by atoms with Crippen molar-refractivity contribution in [2.45, 2.75) is 38.3 Å². The smallest absolute Gasteiger partial charge is 0.249 e. The number of fused-ring (bicyclic) bond motifs is 3. The van der Waals surface area contributed by atoms with Crippen molar-refractivity contribution in [3.63, 3.8) is 0 Å². The molecular weight excluding hydrogens is 392 g/mol. The molecule has 1 fully saturated rings. The maximum atomic E-state index is 12.5. The molecule has 0 radical (unpaired) electrons. The Bertz CT molecular complexity index is 1110. The van der Waals surface area contributed by atoms with Crippen molar-refractivity contribution in [3.05, 3.63) is 59.8 Å². The molecule has 2 aliphatic heterocycles. The Labute approximate surface area is 181 Å². The summed E-state index contributed by atoms with van der Waals surface area (Å²) in [6.07, 6.45) is 9.23. The maximum Gasteiger partial charge on any atom is 0.249 e. The average molecular weight is 419 g/mol. The van der Waals surface area contributed by atoms with E-state index in [-0.39, 0.29) is 11.9 Å². The molecule has 1 atom stereocenters. The average Bonchev–Trinajstić information content (AvgIpc) is 3.46. The van der Waals surface area contributed by atoms with E-state index in [1.807, 2.05) is 36.1 Å². The topological polar surface area (TPSA) is 76.4 Å². The van der Waals surface area contributed by atoms with Crippen LogP contribution >= 0.6 is 0 Å². The number of aromatic nitrogens is 4. The van der Waals surface area contributed by atoms with E-state index in [2.05, 4.69) is 27.2 Å². The van der Waals surface area contributed by atoms with Gasteiger partial charge in [0, 0.05) is 26.2 Å². The summed E-state index contributed by atoms with van der Waals surface area (Å²) >= 11 is 0.